The smallest absolute Gasteiger partial charge is 0.319 e. The number of nitrogens with one attached hydrogen (secondary N) is 2. The number of rotatable bonds is 6. The van der Waals surface area contributed by atoms with E-state index in [9.17, 15) is 4.79 Å². The fourth-order valence-corrected chi connectivity index (χ4v) is 2.70. The van der Waals surface area contributed by atoms with E-state index in [1.807, 2.05) is 31.2 Å². The van der Waals surface area contributed by atoms with Crippen molar-refractivity contribution in [2.75, 3.05) is 26.1 Å². The molecule has 140 valence electrons. The average Bonchev–Trinajstić information content (AvgIpc) is 2.63. The predicted octanol–water partition coefficient (Wildman–Crippen LogP) is 4.76. The molecule has 2 aromatic rings. The van der Waals surface area contributed by atoms with E-state index in [0.29, 0.717) is 23.0 Å². The molecule has 5 nitrogen and oxygen atoms in total. The fraction of sp³-hybridized carbons (Fsp3) is 0.350. The Hall–Kier alpha value is -2.40. The van der Waals surface area contributed by atoms with Gasteiger partial charge < -0.3 is 20.1 Å². The Morgan fingerprint density at radius 1 is 1.12 bits per heavy atom. The predicted molar refractivity (Wildman–Crippen MR) is 106 cm³/mol. The van der Waals surface area contributed by atoms with Crippen LogP contribution in [0.2, 0.25) is 5.02 Å². The number of amides is 2. The number of carbonyl (C=O) groups excluding carboxylic acids is 1. The lowest BCUT2D eigenvalue weighted by atomic mass is 9.84. The monoisotopic (exact) mass is 376 g/mol. The maximum atomic E-state index is 12.3. The van der Waals surface area contributed by atoms with Crippen LogP contribution in [-0.4, -0.2) is 26.8 Å². The van der Waals surface area contributed by atoms with Crippen molar-refractivity contribution in [3.63, 3.8) is 0 Å². The lowest BCUT2D eigenvalue weighted by Crippen LogP contribution is -2.39. The summed E-state index contributed by atoms with van der Waals surface area (Å²) < 4.78 is 10.5. The lowest BCUT2D eigenvalue weighted by molar-refractivity contribution is 0.249. The number of hydrogen-bond acceptors (Lipinski definition) is 3. The first-order valence-corrected chi connectivity index (χ1v) is 8.68. The van der Waals surface area contributed by atoms with Crippen LogP contribution >= 0.6 is 11.6 Å². The Morgan fingerprint density at radius 2 is 1.77 bits per heavy atom. The van der Waals surface area contributed by atoms with Crippen molar-refractivity contribution in [3.8, 4) is 11.5 Å². The minimum Gasteiger partial charge on any atom is -0.497 e. The van der Waals surface area contributed by atoms with Gasteiger partial charge in [-0.1, -0.05) is 37.6 Å². The summed E-state index contributed by atoms with van der Waals surface area (Å²) in [6.45, 7) is 6.49. The number of halogens is 1. The first-order valence-electron chi connectivity index (χ1n) is 8.30. The van der Waals surface area contributed by atoms with Crippen LogP contribution < -0.4 is 20.1 Å². The zero-order chi connectivity index (χ0) is 19.3. The maximum absolute atomic E-state index is 12.3. The van der Waals surface area contributed by atoms with Crippen LogP contribution in [0.5, 0.6) is 11.5 Å². The number of benzene rings is 2. The van der Waals surface area contributed by atoms with Crippen molar-refractivity contribution in [3.05, 3.63) is 52.5 Å². The molecule has 0 aliphatic rings. The molecule has 0 heterocycles. The third-order valence-corrected chi connectivity index (χ3v) is 4.70. The molecule has 0 saturated heterocycles. The van der Waals surface area contributed by atoms with Crippen LogP contribution in [0.15, 0.2) is 36.4 Å². The van der Waals surface area contributed by atoms with Crippen molar-refractivity contribution in [2.24, 2.45) is 0 Å². The van der Waals surface area contributed by atoms with Gasteiger partial charge in [0, 0.05) is 23.0 Å². The molecule has 0 saturated carbocycles. The Bertz CT molecular complexity index is 773. The number of aryl methyl sites for hydroxylation is 1. The van der Waals surface area contributed by atoms with E-state index in [1.54, 1.807) is 19.2 Å². The molecule has 0 atom stereocenters. The molecule has 0 fully saturated rings. The van der Waals surface area contributed by atoms with E-state index >= 15 is 0 Å². The molecule has 2 rings (SSSR count). The molecule has 6 heteroatoms. The Balaban J connectivity index is 2.02. The van der Waals surface area contributed by atoms with Crippen molar-refractivity contribution in [1.82, 2.24) is 5.32 Å². The van der Waals surface area contributed by atoms with Gasteiger partial charge in [-0.15, -0.1) is 0 Å². The normalized spacial score (nSPS) is 11.0. The van der Waals surface area contributed by atoms with Crippen molar-refractivity contribution in [1.29, 1.82) is 0 Å². The summed E-state index contributed by atoms with van der Waals surface area (Å²) in [5, 5.41) is 6.32. The van der Waals surface area contributed by atoms with Gasteiger partial charge >= 0.3 is 6.03 Å². The Labute approximate surface area is 159 Å². The van der Waals surface area contributed by atoms with E-state index in [2.05, 4.69) is 24.5 Å². The van der Waals surface area contributed by atoms with Gasteiger partial charge in [0.25, 0.3) is 0 Å². The second-order valence-electron chi connectivity index (χ2n) is 6.72. The fourth-order valence-electron chi connectivity index (χ4n) is 2.54. The molecule has 26 heavy (non-hydrogen) atoms. The molecule has 0 radical (unpaired) electrons. The van der Waals surface area contributed by atoms with Crippen LogP contribution in [0, 0.1) is 6.92 Å². The second-order valence-corrected chi connectivity index (χ2v) is 7.13. The molecule has 0 aliphatic heterocycles. The molecule has 2 aromatic carbocycles. The number of hydrogen-bond donors (Lipinski definition) is 2. The van der Waals surface area contributed by atoms with E-state index in [1.165, 1.54) is 7.11 Å². The summed E-state index contributed by atoms with van der Waals surface area (Å²) in [6, 6.07) is 11.0. The molecular formula is C20H25ClN2O3. The average molecular weight is 377 g/mol. The highest BCUT2D eigenvalue weighted by Gasteiger charge is 2.22. The first kappa shape index (κ1) is 19.9. The van der Waals surface area contributed by atoms with Crippen LogP contribution in [0.3, 0.4) is 0 Å². The van der Waals surface area contributed by atoms with Gasteiger partial charge in [-0.3, -0.25) is 0 Å². The number of carbonyl (C=O) groups is 1. The van der Waals surface area contributed by atoms with Gasteiger partial charge in [0.2, 0.25) is 0 Å². The minimum atomic E-state index is -0.299. The molecule has 2 amide bonds. The topological polar surface area (TPSA) is 59.6 Å². The summed E-state index contributed by atoms with van der Waals surface area (Å²) in [6.07, 6.45) is 0. The highest BCUT2D eigenvalue weighted by Crippen LogP contribution is 2.31. The van der Waals surface area contributed by atoms with E-state index in [4.69, 9.17) is 21.1 Å². The highest BCUT2D eigenvalue weighted by atomic mass is 35.5. The third-order valence-electron chi connectivity index (χ3n) is 4.29. The minimum absolute atomic E-state index is 0.233. The molecule has 0 aromatic heterocycles. The lowest BCUT2D eigenvalue weighted by Gasteiger charge is -2.26. The second kappa shape index (κ2) is 8.32. The standard InChI is InChI=1S/C20H25ClN2O3/c1-13-10-17(18(26-5)11-16(13)21)23-19(24)22-12-20(2,3)14-6-8-15(25-4)9-7-14/h6-11H,12H2,1-5H3,(H2,22,23,24). The molecule has 0 aliphatic carbocycles. The summed E-state index contributed by atoms with van der Waals surface area (Å²) in [7, 11) is 3.18. The summed E-state index contributed by atoms with van der Waals surface area (Å²) in [5.74, 6) is 1.32. The molecule has 2 N–H and O–H groups in total. The zero-order valence-corrected chi connectivity index (χ0v) is 16.5. The summed E-state index contributed by atoms with van der Waals surface area (Å²) >= 11 is 6.09. The van der Waals surface area contributed by atoms with E-state index in [0.717, 1.165) is 16.9 Å². The maximum Gasteiger partial charge on any atom is 0.319 e. The number of methoxy groups -OCH3 is 2. The van der Waals surface area contributed by atoms with Crippen LogP contribution in [-0.2, 0) is 5.41 Å². The van der Waals surface area contributed by atoms with Crippen molar-refractivity contribution in [2.45, 2.75) is 26.2 Å². The first-order chi connectivity index (χ1) is 12.3. The Kier molecular flexibility index (Phi) is 6.37. The molecule has 0 bridgehead atoms. The summed E-state index contributed by atoms with van der Waals surface area (Å²) in [4.78, 5) is 12.3. The van der Waals surface area contributed by atoms with Gasteiger partial charge in [-0.2, -0.15) is 0 Å². The number of ether oxygens (including phenoxy) is 2. The number of anilines is 1. The van der Waals surface area contributed by atoms with Crippen LogP contribution in [0.1, 0.15) is 25.0 Å². The number of urea groups is 1. The third kappa shape index (κ3) is 4.82. The molecule has 0 unspecified atom stereocenters. The van der Waals surface area contributed by atoms with Gasteiger partial charge in [0.1, 0.15) is 11.5 Å². The van der Waals surface area contributed by atoms with Gasteiger partial charge in [-0.25, -0.2) is 4.79 Å². The van der Waals surface area contributed by atoms with Crippen LogP contribution in [0.4, 0.5) is 10.5 Å². The highest BCUT2D eigenvalue weighted by molar-refractivity contribution is 6.31. The largest absolute Gasteiger partial charge is 0.497 e. The zero-order valence-electron chi connectivity index (χ0n) is 15.8. The van der Waals surface area contributed by atoms with Crippen molar-refractivity contribution >= 4 is 23.3 Å². The Morgan fingerprint density at radius 3 is 2.35 bits per heavy atom. The molecular weight excluding hydrogens is 352 g/mol. The van der Waals surface area contributed by atoms with Crippen LogP contribution in [0.25, 0.3) is 0 Å². The van der Waals surface area contributed by atoms with E-state index in [-0.39, 0.29) is 11.4 Å². The van der Waals surface area contributed by atoms with Gasteiger partial charge in [-0.05, 0) is 36.2 Å². The van der Waals surface area contributed by atoms with E-state index < -0.39 is 0 Å². The SMILES string of the molecule is COc1ccc(C(C)(C)CNC(=O)Nc2cc(C)c(Cl)cc2OC)cc1. The summed E-state index contributed by atoms with van der Waals surface area (Å²) in [5.41, 5.74) is 2.32. The molecule has 0 spiro atoms. The quantitative estimate of drug-likeness (QED) is 0.763. The van der Waals surface area contributed by atoms with Crippen molar-refractivity contribution < 1.29 is 14.3 Å². The van der Waals surface area contributed by atoms with Gasteiger partial charge in [0.15, 0.2) is 0 Å². The van der Waals surface area contributed by atoms with Gasteiger partial charge in [0.05, 0.1) is 19.9 Å².